The summed E-state index contributed by atoms with van der Waals surface area (Å²) in [6.07, 6.45) is 1.32. The number of hydrogen-bond acceptors (Lipinski definition) is 4. The van der Waals surface area contributed by atoms with E-state index in [4.69, 9.17) is 9.47 Å². The van der Waals surface area contributed by atoms with E-state index < -0.39 is 11.5 Å². The standard InChI is InChI=1S/C22H26F2N2O3/c1-5-26(3)14-25-17-13-18(28-4)20-19(15(17)2)22(23,24)21(20,27)11-12-29-16-9-7-6-8-10-16/h6-10,13-14,27H,5,11-12H2,1-4H3/b25-14+. The number of fused-ring (bicyclic) bond motifs is 1. The van der Waals surface area contributed by atoms with Crippen LogP contribution in [-0.2, 0) is 11.5 Å². The van der Waals surface area contributed by atoms with Gasteiger partial charge in [0.15, 0.2) is 5.60 Å². The molecule has 0 heterocycles. The van der Waals surface area contributed by atoms with Crippen LogP contribution in [0.4, 0.5) is 14.5 Å². The van der Waals surface area contributed by atoms with Gasteiger partial charge in [-0.25, -0.2) is 4.99 Å². The maximum absolute atomic E-state index is 15.1. The number of halogens is 2. The Morgan fingerprint density at radius 3 is 2.52 bits per heavy atom. The lowest BCUT2D eigenvalue weighted by Crippen LogP contribution is -2.54. The summed E-state index contributed by atoms with van der Waals surface area (Å²) in [4.78, 5) is 6.15. The van der Waals surface area contributed by atoms with E-state index in [1.807, 2.05) is 24.9 Å². The zero-order valence-electron chi connectivity index (χ0n) is 17.1. The molecule has 0 fully saturated rings. The summed E-state index contributed by atoms with van der Waals surface area (Å²) in [5.41, 5.74) is -1.73. The van der Waals surface area contributed by atoms with Crippen LogP contribution in [0.3, 0.4) is 0 Å². The summed E-state index contributed by atoms with van der Waals surface area (Å²) in [5.74, 6) is -2.67. The van der Waals surface area contributed by atoms with Crippen LogP contribution >= 0.6 is 0 Å². The molecule has 0 spiro atoms. The fraction of sp³-hybridized carbons (Fsp3) is 0.409. The van der Waals surface area contributed by atoms with E-state index in [0.29, 0.717) is 17.0 Å². The highest BCUT2D eigenvalue weighted by Crippen LogP contribution is 2.63. The first kappa shape index (κ1) is 21.0. The molecule has 3 rings (SSSR count). The molecule has 156 valence electrons. The van der Waals surface area contributed by atoms with Gasteiger partial charge in [0.05, 0.1) is 25.7 Å². The van der Waals surface area contributed by atoms with Gasteiger partial charge >= 0.3 is 5.92 Å². The van der Waals surface area contributed by atoms with E-state index in [9.17, 15) is 5.11 Å². The van der Waals surface area contributed by atoms with Gasteiger partial charge in [-0.3, -0.25) is 0 Å². The highest BCUT2D eigenvalue weighted by Gasteiger charge is 2.68. The smallest absolute Gasteiger partial charge is 0.306 e. The van der Waals surface area contributed by atoms with Crippen molar-refractivity contribution in [3.63, 3.8) is 0 Å². The minimum atomic E-state index is -3.43. The summed E-state index contributed by atoms with van der Waals surface area (Å²) in [6.45, 7) is 4.23. The van der Waals surface area contributed by atoms with Gasteiger partial charge in [0.25, 0.3) is 0 Å². The Labute approximate surface area is 169 Å². The Hall–Kier alpha value is -2.67. The second-order valence-corrected chi connectivity index (χ2v) is 7.14. The molecule has 1 atom stereocenters. The normalized spacial score (nSPS) is 19.6. The van der Waals surface area contributed by atoms with Crippen molar-refractivity contribution < 1.29 is 23.4 Å². The van der Waals surface area contributed by atoms with E-state index in [2.05, 4.69) is 4.99 Å². The van der Waals surface area contributed by atoms with Crippen molar-refractivity contribution in [1.29, 1.82) is 0 Å². The molecule has 0 radical (unpaired) electrons. The highest BCUT2D eigenvalue weighted by atomic mass is 19.3. The Balaban J connectivity index is 1.91. The number of para-hydroxylation sites is 1. The SMILES string of the molecule is CCN(C)/C=N/c1cc(OC)c2c(c1C)C(F)(F)C2(O)CCOc1ccccc1. The van der Waals surface area contributed by atoms with Gasteiger partial charge in [-0.2, -0.15) is 8.78 Å². The molecule has 0 saturated heterocycles. The molecule has 7 heteroatoms. The molecule has 1 unspecified atom stereocenters. The van der Waals surface area contributed by atoms with E-state index in [1.165, 1.54) is 7.11 Å². The van der Waals surface area contributed by atoms with Crippen molar-refractivity contribution in [2.45, 2.75) is 31.8 Å². The molecule has 2 aromatic rings. The molecule has 0 aliphatic heterocycles. The summed E-state index contributed by atoms with van der Waals surface area (Å²) >= 11 is 0. The van der Waals surface area contributed by atoms with Crippen LogP contribution in [0.25, 0.3) is 0 Å². The minimum absolute atomic E-state index is 0.0566. The lowest BCUT2D eigenvalue weighted by Gasteiger charge is -2.48. The monoisotopic (exact) mass is 404 g/mol. The fourth-order valence-electron chi connectivity index (χ4n) is 3.50. The van der Waals surface area contributed by atoms with Gasteiger partial charge in [0.2, 0.25) is 0 Å². The van der Waals surface area contributed by atoms with Crippen LogP contribution < -0.4 is 9.47 Å². The number of nitrogens with zero attached hydrogens (tertiary/aromatic N) is 2. The van der Waals surface area contributed by atoms with Crippen molar-refractivity contribution >= 4 is 12.0 Å². The minimum Gasteiger partial charge on any atom is -0.496 e. The fourth-order valence-corrected chi connectivity index (χ4v) is 3.50. The first-order valence-electron chi connectivity index (χ1n) is 9.51. The number of aliphatic imine (C=N–C) groups is 1. The zero-order valence-corrected chi connectivity index (χ0v) is 17.1. The van der Waals surface area contributed by atoms with Crippen molar-refractivity contribution in [3.8, 4) is 11.5 Å². The van der Waals surface area contributed by atoms with E-state index in [-0.39, 0.29) is 29.9 Å². The molecule has 5 nitrogen and oxygen atoms in total. The van der Waals surface area contributed by atoms with Crippen molar-refractivity contribution in [2.24, 2.45) is 4.99 Å². The van der Waals surface area contributed by atoms with E-state index in [0.717, 1.165) is 6.54 Å². The lowest BCUT2D eigenvalue weighted by molar-refractivity contribution is -0.233. The Morgan fingerprint density at radius 1 is 1.21 bits per heavy atom. The van der Waals surface area contributed by atoms with Crippen LogP contribution in [0, 0.1) is 6.92 Å². The quantitative estimate of drug-likeness (QED) is 0.524. The second-order valence-electron chi connectivity index (χ2n) is 7.14. The van der Waals surface area contributed by atoms with E-state index in [1.54, 1.807) is 43.6 Å². The third kappa shape index (κ3) is 3.55. The van der Waals surface area contributed by atoms with Gasteiger partial charge in [-0.1, -0.05) is 18.2 Å². The average Bonchev–Trinajstić information content (AvgIpc) is 2.72. The summed E-state index contributed by atoms with van der Waals surface area (Å²) in [6, 6.07) is 10.5. The first-order chi connectivity index (χ1) is 13.8. The van der Waals surface area contributed by atoms with Gasteiger partial charge in [0, 0.05) is 37.2 Å². The summed E-state index contributed by atoms with van der Waals surface area (Å²) in [5, 5.41) is 10.9. The number of benzene rings is 2. The van der Waals surface area contributed by atoms with Gasteiger partial charge in [-0.15, -0.1) is 0 Å². The van der Waals surface area contributed by atoms with E-state index >= 15 is 8.78 Å². The Kier molecular flexibility index (Phi) is 5.80. The Morgan fingerprint density at radius 2 is 1.90 bits per heavy atom. The number of alkyl halides is 2. The van der Waals surface area contributed by atoms with Crippen molar-refractivity contribution in [3.05, 3.63) is 53.1 Å². The first-order valence-corrected chi connectivity index (χ1v) is 9.51. The third-order valence-electron chi connectivity index (χ3n) is 5.36. The van der Waals surface area contributed by atoms with Crippen LogP contribution in [0.1, 0.15) is 30.0 Å². The number of aliphatic hydroxyl groups is 1. The molecule has 0 amide bonds. The zero-order chi connectivity index (χ0) is 21.2. The molecule has 2 aromatic carbocycles. The van der Waals surface area contributed by atoms with Crippen LogP contribution in [0.5, 0.6) is 11.5 Å². The average molecular weight is 404 g/mol. The molecule has 0 aromatic heterocycles. The molecule has 1 aliphatic rings. The maximum Gasteiger partial charge on any atom is 0.306 e. The lowest BCUT2D eigenvalue weighted by atomic mass is 9.65. The molecular formula is C22H26F2N2O3. The number of rotatable bonds is 8. The highest BCUT2D eigenvalue weighted by molar-refractivity contribution is 5.71. The van der Waals surface area contributed by atoms with Crippen molar-refractivity contribution in [2.75, 3.05) is 27.3 Å². The second kappa shape index (κ2) is 7.99. The summed E-state index contributed by atoms with van der Waals surface area (Å²) in [7, 11) is 3.24. The molecular weight excluding hydrogens is 378 g/mol. The predicted molar refractivity (Wildman–Crippen MR) is 109 cm³/mol. The van der Waals surface area contributed by atoms with Gasteiger partial charge < -0.3 is 19.5 Å². The van der Waals surface area contributed by atoms with Gasteiger partial charge in [0.1, 0.15) is 11.5 Å². The molecule has 29 heavy (non-hydrogen) atoms. The number of hydrogen-bond donors (Lipinski definition) is 1. The molecule has 1 N–H and O–H groups in total. The van der Waals surface area contributed by atoms with Crippen molar-refractivity contribution in [1.82, 2.24) is 4.90 Å². The molecule has 1 aliphatic carbocycles. The molecule has 0 saturated carbocycles. The predicted octanol–water partition coefficient (Wildman–Crippen LogP) is 4.38. The van der Waals surface area contributed by atoms with Crippen LogP contribution in [0.15, 0.2) is 41.4 Å². The Bertz CT molecular complexity index is 903. The summed E-state index contributed by atoms with van der Waals surface area (Å²) < 4.78 is 41.1. The largest absolute Gasteiger partial charge is 0.496 e. The van der Waals surface area contributed by atoms with Crippen LogP contribution in [-0.4, -0.2) is 43.7 Å². The number of ether oxygens (including phenoxy) is 2. The number of methoxy groups -OCH3 is 1. The third-order valence-corrected chi connectivity index (χ3v) is 5.36. The van der Waals surface area contributed by atoms with Gasteiger partial charge in [-0.05, 0) is 31.5 Å². The molecule has 0 bridgehead atoms. The maximum atomic E-state index is 15.1. The topological polar surface area (TPSA) is 54.3 Å². The van der Waals surface area contributed by atoms with Crippen LogP contribution in [0.2, 0.25) is 0 Å².